The fourth-order valence-corrected chi connectivity index (χ4v) is 3.61. The molecule has 0 fully saturated rings. The zero-order valence-electron chi connectivity index (χ0n) is 19.0. The van der Waals surface area contributed by atoms with E-state index in [1.807, 2.05) is 36.4 Å². The van der Waals surface area contributed by atoms with Crippen LogP contribution in [-0.4, -0.2) is 24.8 Å². The highest BCUT2D eigenvalue weighted by atomic mass is 35.5. The van der Waals surface area contributed by atoms with Crippen LogP contribution in [0, 0.1) is 12.3 Å². The Bertz CT molecular complexity index is 1120. The van der Waals surface area contributed by atoms with Crippen molar-refractivity contribution >= 4 is 36.5 Å². The first-order valence-electron chi connectivity index (χ1n) is 10.7. The highest BCUT2D eigenvalue weighted by Crippen LogP contribution is 2.19. The Balaban J connectivity index is 0.00000204. The monoisotopic (exact) mass is 500 g/mol. The van der Waals surface area contributed by atoms with E-state index in [9.17, 15) is 0 Å². The molecule has 0 aromatic heterocycles. The van der Waals surface area contributed by atoms with Crippen molar-refractivity contribution in [2.24, 2.45) is 10.7 Å². The van der Waals surface area contributed by atoms with E-state index in [-0.39, 0.29) is 30.6 Å². The molecule has 1 aliphatic heterocycles. The van der Waals surface area contributed by atoms with Gasteiger partial charge in [0.1, 0.15) is 36.4 Å². The summed E-state index contributed by atoms with van der Waals surface area (Å²) in [7, 11) is 0. The molecule has 4 rings (SSSR count). The van der Waals surface area contributed by atoms with Gasteiger partial charge in [-0.3, -0.25) is 10.4 Å². The maximum atomic E-state index is 7.47. The number of hydrogen-bond donors (Lipinski definition) is 3. The number of nitrogens with one attached hydrogen (secondary N) is 2. The molecule has 6 nitrogen and oxygen atoms in total. The van der Waals surface area contributed by atoms with E-state index in [2.05, 4.69) is 35.4 Å². The predicted octanol–water partition coefficient (Wildman–Crippen LogP) is 5.02. The molecule has 0 saturated carbocycles. The van der Waals surface area contributed by atoms with E-state index in [4.69, 9.17) is 20.6 Å². The summed E-state index contributed by atoms with van der Waals surface area (Å²) in [6.07, 6.45) is 1.08. The van der Waals surface area contributed by atoms with Crippen LogP contribution in [-0.2, 0) is 13.2 Å². The van der Waals surface area contributed by atoms with Crippen LogP contribution in [0.15, 0.2) is 71.7 Å². The van der Waals surface area contributed by atoms with Crippen LogP contribution in [0.25, 0.3) is 0 Å². The van der Waals surface area contributed by atoms with Gasteiger partial charge in [0.2, 0.25) is 0 Å². The van der Waals surface area contributed by atoms with Gasteiger partial charge in [-0.25, -0.2) is 0 Å². The number of nitrogens with two attached hydrogens (primary N) is 1. The number of nitrogens with zero attached hydrogens (tertiary/aromatic N) is 1. The molecule has 0 aliphatic carbocycles. The van der Waals surface area contributed by atoms with Crippen molar-refractivity contribution < 1.29 is 9.47 Å². The van der Waals surface area contributed by atoms with E-state index >= 15 is 0 Å². The third-order valence-corrected chi connectivity index (χ3v) is 5.20. The average Bonchev–Trinajstić information content (AvgIpc) is 2.82. The number of amidine groups is 2. The Hall–Kier alpha value is -3.22. The zero-order valence-corrected chi connectivity index (χ0v) is 20.7. The lowest BCUT2D eigenvalue weighted by Crippen LogP contribution is -2.30. The van der Waals surface area contributed by atoms with Crippen molar-refractivity contribution in [3.8, 4) is 11.5 Å². The van der Waals surface area contributed by atoms with Crippen LogP contribution in [0.2, 0.25) is 0 Å². The highest BCUT2D eigenvalue weighted by molar-refractivity contribution is 5.99. The van der Waals surface area contributed by atoms with Gasteiger partial charge >= 0.3 is 0 Å². The normalized spacial score (nSPS) is 12.3. The van der Waals surface area contributed by atoms with Crippen molar-refractivity contribution in [3.05, 3.63) is 94.5 Å². The molecule has 0 radical (unpaired) electrons. The second-order valence-corrected chi connectivity index (χ2v) is 7.88. The zero-order chi connectivity index (χ0) is 22.3. The predicted molar refractivity (Wildman–Crippen MR) is 142 cm³/mol. The van der Waals surface area contributed by atoms with Crippen molar-refractivity contribution in [1.82, 2.24) is 5.32 Å². The third-order valence-electron chi connectivity index (χ3n) is 5.20. The Morgan fingerprint density at radius 2 is 1.47 bits per heavy atom. The lowest BCUT2D eigenvalue weighted by atomic mass is 10.1. The summed E-state index contributed by atoms with van der Waals surface area (Å²) in [5.74, 6) is 2.58. The van der Waals surface area contributed by atoms with Crippen molar-refractivity contribution in [1.29, 1.82) is 5.41 Å². The van der Waals surface area contributed by atoms with E-state index in [0.717, 1.165) is 59.1 Å². The molecule has 0 bridgehead atoms. The first kappa shape index (κ1) is 27.0. The van der Waals surface area contributed by atoms with Crippen LogP contribution in [0.3, 0.4) is 0 Å². The van der Waals surface area contributed by atoms with Crippen molar-refractivity contribution in [3.63, 3.8) is 0 Å². The minimum atomic E-state index is 0. The maximum absolute atomic E-state index is 7.47. The standard InChI is InChI=1S/C26H28N4O2.2ClH/c1-18-13-19(16-31-23-7-3-21(4-8-23)25(27)28)15-20(14-18)17-32-24-9-5-22(6-10-24)26-29-11-2-12-30-26;;/h3-10,13-15H,2,11-12,16-17H2,1H3,(H3,27,28)(H,29,30);2*1H. The molecule has 180 valence electrons. The quantitative estimate of drug-likeness (QED) is 0.299. The van der Waals surface area contributed by atoms with Crippen LogP contribution in [0.1, 0.15) is 34.2 Å². The van der Waals surface area contributed by atoms with Crippen LogP contribution < -0.4 is 20.5 Å². The smallest absolute Gasteiger partial charge is 0.128 e. The molecular weight excluding hydrogens is 471 g/mol. The van der Waals surface area contributed by atoms with Gasteiger partial charge in [0, 0.05) is 24.2 Å². The van der Waals surface area contributed by atoms with Crippen LogP contribution in [0.4, 0.5) is 0 Å². The van der Waals surface area contributed by atoms with Gasteiger partial charge in [0.05, 0.1) is 0 Å². The summed E-state index contributed by atoms with van der Waals surface area (Å²) in [4.78, 5) is 4.53. The largest absolute Gasteiger partial charge is 0.489 e. The number of ether oxygens (including phenoxy) is 2. The van der Waals surface area contributed by atoms with Gasteiger partial charge in [-0.05, 0) is 79.1 Å². The molecule has 34 heavy (non-hydrogen) atoms. The molecule has 1 heterocycles. The van der Waals surface area contributed by atoms with E-state index in [0.29, 0.717) is 18.8 Å². The minimum absolute atomic E-state index is 0. The second kappa shape index (κ2) is 12.9. The molecule has 3 aromatic carbocycles. The fraction of sp³-hybridized carbons (Fsp3) is 0.231. The fourth-order valence-electron chi connectivity index (χ4n) is 3.61. The Labute approximate surface area is 212 Å². The topological polar surface area (TPSA) is 92.7 Å². The van der Waals surface area contributed by atoms with Gasteiger partial charge in [-0.2, -0.15) is 0 Å². The van der Waals surface area contributed by atoms with Crippen molar-refractivity contribution in [2.45, 2.75) is 26.6 Å². The van der Waals surface area contributed by atoms with Gasteiger partial charge in [0.25, 0.3) is 0 Å². The maximum Gasteiger partial charge on any atom is 0.128 e. The molecule has 0 atom stereocenters. The second-order valence-electron chi connectivity index (χ2n) is 7.88. The van der Waals surface area contributed by atoms with Crippen LogP contribution in [0.5, 0.6) is 11.5 Å². The van der Waals surface area contributed by atoms with E-state index < -0.39 is 0 Å². The number of aliphatic imine (C=N–C) groups is 1. The third kappa shape index (κ3) is 7.40. The van der Waals surface area contributed by atoms with Crippen molar-refractivity contribution in [2.75, 3.05) is 13.1 Å². The number of aryl methyl sites for hydroxylation is 1. The summed E-state index contributed by atoms with van der Waals surface area (Å²) in [6, 6.07) is 21.6. The van der Waals surface area contributed by atoms with E-state index in [1.165, 1.54) is 0 Å². The highest BCUT2D eigenvalue weighted by Gasteiger charge is 2.07. The van der Waals surface area contributed by atoms with Gasteiger partial charge in [-0.15, -0.1) is 24.8 Å². The number of rotatable bonds is 8. The number of hydrogen-bond acceptors (Lipinski definition) is 5. The van der Waals surface area contributed by atoms with Gasteiger partial charge in [-0.1, -0.05) is 17.7 Å². The average molecular weight is 501 g/mol. The van der Waals surface area contributed by atoms with Gasteiger partial charge in [0.15, 0.2) is 0 Å². The molecule has 3 aromatic rings. The summed E-state index contributed by atoms with van der Waals surface area (Å²) >= 11 is 0. The molecule has 0 spiro atoms. The summed E-state index contributed by atoms with van der Waals surface area (Å²) in [6.45, 7) is 4.86. The Kier molecular flexibility index (Phi) is 10.2. The van der Waals surface area contributed by atoms with E-state index in [1.54, 1.807) is 12.1 Å². The number of nitrogen functional groups attached to an aromatic ring is 1. The first-order chi connectivity index (χ1) is 15.6. The summed E-state index contributed by atoms with van der Waals surface area (Å²) in [5, 5.41) is 10.8. The molecule has 4 N–H and O–H groups in total. The molecule has 0 unspecified atom stereocenters. The molecular formula is C26H30Cl2N4O2. The summed E-state index contributed by atoms with van der Waals surface area (Å²) < 4.78 is 11.9. The molecule has 1 aliphatic rings. The minimum Gasteiger partial charge on any atom is -0.489 e. The Morgan fingerprint density at radius 3 is 1.97 bits per heavy atom. The van der Waals surface area contributed by atoms with Gasteiger partial charge < -0.3 is 20.5 Å². The lowest BCUT2D eigenvalue weighted by Gasteiger charge is -2.15. The molecule has 8 heteroatoms. The number of benzene rings is 3. The SMILES string of the molecule is Cc1cc(COc2ccc(C(=N)N)cc2)cc(COc2ccc(C3=NCCCN3)cc2)c1.Cl.Cl. The molecule has 0 saturated heterocycles. The Morgan fingerprint density at radius 1 is 0.912 bits per heavy atom. The first-order valence-corrected chi connectivity index (χ1v) is 10.7. The van der Waals surface area contributed by atoms with Crippen LogP contribution >= 0.6 is 24.8 Å². The molecule has 0 amide bonds. The summed E-state index contributed by atoms with van der Waals surface area (Å²) in [5.41, 5.74) is 10.6. The lowest BCUT2D eigenvalue weighted by molar-refractivity contribution is 0.299. The number of halogens is 2.